The molecule has 0 aromatic carbocycles. The summed E-state index contributed by atoms with van der Waals surface area (Å²) in [5, 5.41) is 0. The van der Waals surface area contributed by atoms with E-state index in [1.165, 1.54) is 0 Å². The molecule has 2 aliphatic rings. The lowest BCUT2D eigenvalue weighted by Crippen LogP contribution is -2.46. The van der Waals surface area contributed by atoms with Crippen molar-refractivity contribution >= 4 is 11.8 Å². The Morgan fingerprint density at radius 2 is 1.86 bits per heavy atom. The predicted octanol–water partition coefficient (Wildman–Crippen LogP) is 1.84. The molecule has 0 aliphatic carbocycles. The molecule has 0 amide bonds. The van der Waals surface area contributed by atoms with Gasteiger partial charge in [0, 0.05) is 43.7 Å². The van der Waals surface area contributed by atoms with Gasteiger partial charge in [0.05, 0.1) is 6.61 Å². The molecule has 1 fully saturated rings. The number of hydrogen-bond donors (Lipinski definition) is 0. The Kier molecular flexibility index (Phi) is 3.85. The number of rotatable bonds is 1. The van der Waals surface area contributed by atoms with Crippen molar-refractivity contribution in [3.05, 3.63) is 22.9 Å². The van der Waals surface area contributed by atoms with Crippen LogP contribution >= 0.6 is 0 Å². The maximum Gasteiger partial charge on any atom is 0.342 e. The summed E-state index contributed by atoms with van der Waals surface area (Å²) in [6, 6.07) is 2.09. The minimum absolute atomic E-state index is 0.0300. The van der Waals surface area contributed by atoms with Crippen LogP contribution in [-0.2, 0) is 16.6 Å². The van der Waals surface area contributed by atoms with Crippen LogP contribution in [-0.4, -0.2) is 55.7 Å². The molecule has 2 aliphatic heterocycles. The normalized spacial score (nSPS) is 19.8. The van der Waals surface area contributed by atoms with Gasteiger partial charge in [0.2, 0.25) is 0 Å². The monoisotopic (exact) mass is 303 g/mol. The number of ether oxygens (including phenoxy) is 1. The quantitative estimate of drug-likeness (QED) is 0.741. The van der Waals surface area contributed by atoms with E-state index < -0.39 is 0 Å². The van der Waals surface area contributed by atoms with Gasteiger partial charge in [-0.1, -0.05) is 20.8 Å². The number of fused-ring (bicyclic) bond motifs is 1. The van der Waals surface area contributed by atoms with Crippen LogP contribution in [0.3, 0.4) is 0 Å². The summed E-state index contributed by atoms with van der Waals surface area (Å²) >= 11 is 0. The summed E-state index contributed by atoms with van der Waals surface area (Å²) in [7, 11) is 2.13. The lowest BCUT2D eigenvalue weighted by atomic mass is 9.89. The van der Waals surface area contributed by atoms with Gasteiger partial charge in [-0.25, -0.2) is 9.78 Å². The fraction of sp³-hybridized carbons (Fsp3) is 0.647. The highest BCUT2D eigenvalue weighted by Gasteiger charge is 2.30. The topological polar surface area (TPSA) is 45.7 Å². The van der Waals surface area contributed by atoms with E-state index in [0.29, 0.717) is 12.2 Å². The fourth-order valence-corrected chi connectivity index (χ4v) is 2.96. The number of carbonyl (C=O) groups is 1. The van der Waals surface area contributed by atoms with Crippen molar-refractivity contribution in [1.82, 2.24) is 9.88 Å². The van der Waals surface area contributed by atoms with Gasteiger partial charge < -0.3 is 14.5 Å². The Labute approximate surface area is 132 Å². The van der Waals surface area contributed by atoms with E-state index in [2.05, 4.69) is 43.7 Å². The van der Waals surface area contributed by atoms with Crippen LogP contribution in [0.25, 0.3) is 0 Å². The van der Waals surface area contributed by atoms with Crippen molar-refractivity contribution in [2.75, 3.05) is 44.7 Å². The Balaban J connectivity index is 2.07. The van der Waals surface area contributed by atoms with Gasteiger partial charge in [0.25, 0.3) is 0 Å². The maximum atomic E-state index is 12.3. The van der Waals surface area contributed by atoms with E-state index in [0.717, 1.165) is 49.7 Å². The first kappa shape index (κ1) is 15.3. The Bertz CT molecular complexity index is 584. The second-order valence-electron chi connectivity index (χ2n) is 7.29. The second-order valence-corrected chi connectivity index (χ2v) is 7.29. The van der Waals surface area contributed by atoms with E-state index in [9.17, 15) is 4.79 Å². The zero-order chi connectivity index (χ0) is 15.9. The smallest absolute Gasteiger partial charge is 0.342 e. The van der Waals surface area contributed by atoms with Crippen LogP contribution in [0.5, 0.6) is 0 Å². The standard InChI is InChI=1S/C17H25N3O2/c1-17(2,3)13-11-12-5-10-22-16(21)14(12)15(18-13)20-8-6-19(4)7-9-20/h11H,5-10H2,1-4H3. The summed E-state index contributed by atoms with van der Waals surface area (Å²) in [6.07, 6.45) is 0.785. The molecule has 120 valence electrons. The zero-order valence-corrected chi connectivity index (χ0v) is 14.0. The number of carbonyl (C=O) groups excluding carboxylic acids is 1. The van der Waals surface area contributed by atoms with Crippen LogP contribution in [0.1, 0.15) is 42.4 Å². The van der Waals surface area contributed by atoms with Crippen LogP contribution in [0.15, 0.2) is 6.07 Å². The lowest BCUT2D eigenvalue weighted by molar-refractivity contribution is 0.0480. The van der Waals surface area contributed by atoms with Gasteiger partial charge in [0.15, 0.2) is 0 Å². The molecule has 3 heterocycles. The molecular formula is C17H25N3O2. The highest BCUT2D eigenvalue weighted by atomic mass is 16.5. The van der Waals surface area contributed by atoms with Crippen LogP contribution in [0, 0.1) is 0 Å². The molecule has 0 N–H and O–H groups in total. The molecule has 5 nitrogen and oxygen atoms in total. The highest BCUT2D eigenvalue weighted by Crippen LogP contribution is 2.32. The van der Waals surface area contributed by atoms with E-state index in [-0.39, 0.29) is 11.4 Å². The summed E-state index contributed by atoms with van der Waals surface area (Å²) in [5.41, 5.74) is 2.79. The third-order valence-corrected chi connectivity index (χ3v) is 4.46. The van der Waals surface area contributed by atoms with E-state index in [1.807, 2.05) is 0 Å². The number of likely N-dealkylation sites (N-methyl/N-ethyl adjacent to an activating group) is 1. The number of piperazine rings is 1. The minimum Gasteiger partial charge on any atom is -0.462 e. The van der Waals surface area contributed by atoms with E-state index in [4.69, 9.17) is 9.72 Å². The molecule has 0 atom stereocenters. The Morgan fingerprint density at radius 1 is 1.18 bits per heavy atom. The van der Waals surface area contributed by atoms with Gasteiger partial charge in [-0.2, -0.15) is 0 Å². The molecule has 1 aromatic rings. The van der Waals surface area contributed by atoms with Crippen molar-refractivity contribution in [1.29, 1.82) is 0 Å². The predicted molar refractivity (Wildman–Crippen MR) is 86.6 cm³/mol. The first-order valence-corrected chi connectivity index (χ1v) is 8.01. The number of nitrogens with zero attached hydrogens (tertiary/aromatic N) is 3. The van der Waals surface area contributed by atoms with Gasteiger partial charge in [-0.3, -0.25) is 0 Å². The maximum absolute atomic E-state index is 12.3. The zero-order valence-electron chi connectivity index (χ0n) is 14.0. The second kappa shape index (κ2) is 5.54. The summed E-state index contributed by atoms with van der Waals surface area (Å²) in [6.45, 7) is 10.7. The first-order valence-electron chi connectivity index (χ1n) is 8.01. The number of cyclic esters (lactones) is 1. The number of hydrogen-bond acceptors (Lipinski definition) is 5. The number of aromatic nitrogens is 1. The van der Waals surface area contributed by atoms with Crippen molar-refractivity contribution in [3.63, 3.8) is 0 Å². The average Bonchev–Trinajstić information content (AvgIpc) is 2.46. The molecule has 0 spiro atoms. The van der Waals surface area contributed by atoms with Gasteiger partial charge in [-0.05, 0) is 18.7 Å². The van der Waals surface area contributed by atoms with Gasteiger partial charge in [0.1, 0.15) is 11.4 Å². The Morgan fingerprint density at radius 3 is 2.50 bits per heavy atom. The fourth-order valence-electron chi connectivity index (χ4n) is 2.96. The summed E-state index contributed by atoms with van der Waals surface area (Å²) in [5.74, 6) is 0.600. The highest BCUT2D eigenvalue weighted by molar-refractivity contribution is 5.97. The van der Waals surface area contributed by atoms with Crippen molar-refractivity contribution < 1.29 is 9.53 Å². The number of esters is 1. The van der Waals surface area contributed by atoms with Crippen molar-refractivity contribution in [2.24, 2.45) is 0 Å². The van der Waals surface area contributed by atoms with E-state index >= 15 is 0 Å². The van der Waals surface area contributed by atoms with Crippen molar-refractivity contribution in [2.45, 2.75) is 32.6 Å². The molecule has 22 heavy (non-hydrogen) atoms. The number of anilines is 1. The third kappa shape index (κ3) is 2.82. The van der Waals surface area contributed by atoms with Crippen molar-refractivity contribution in [3.8, 4) is 0 Å². The first-order chi connectivity index (χ1) is 10.4. The van der Waals surface area contributed by atoms with Gasteiger partial charge in [-0.15, -0.1) is 0 Å². The molecular weight excluding hydrogens is 278 g/mol. The summed E-state index contributed by atoms with van der Waals surface area (Å²) < 4.78 is 5.27. The molecule has 0 radical (unpaired) electrons. The van der Waals surface area contributed by atoms with Crippen LogP contribution in [0.2, 0.25) is 0 Å². The molecule has 0 bridgehead atoms. The number of pyridine rings is 1. The van der Waals surface area contributed by atoms with Crippen LogP contribution in [0.4, 0.5) is 5.82 Å². The lowest BCUT2D eigenvalue weighted by Gasteiger charge is -2.36. The molecule has 1 aromatic heterocycles. The largest absolute Gasteiger partial charge is 0.462 e. The SMILES string of the molecule is CN1CCN(c2nc(C(C)(C)C)cc3c2C(=O)OCC3)CC1. The summed E-state index contributed by atoms with van der Waals surface area (Å²) in [4.78, 5) is 21.7. The molecule has 1 saturated heterocycles. The molecule has 3 rings (SSSR count). The third-order valence-electron chi connectivity index (χ3n) is 4.46. The minimum atomic E-state index is -0.219. The average molecular weight is 303 g/mol. The molecule has 0 saturated carbocycles. The molecule has 0 unspecified atom stereocenters. The van der Waals surface area contributed by atoms with Gasteiger partial charge >= 0.3 is 5.97 Å². The Hall–Kier alpha value is -1.62. The van der Waals surface area contributed by atoms with Crippen LogP contribution < -0.4 is 4.90 Å². The molecule has 5 heteroatoms. The van der Waals surface area contributed by atoms with E-state index in [1.54, 1.807) is 0 Å².